The van der Waals surface area contributed by atoms with Crippen molar-refractivity contribution in [3.8, 4) is 0 Å². The van der Waals surface area contributed by atoms with Gasteiger partial charge in [-0.2, -0.15) is 0 Å². The second kappa shape index (κ2) is 5.87. The minimum atomic E-state index is -0.696. The Hall–Kier alpha value is -3.81. The second-order valence-corrected chi connectivity index (χ2v) is 6.45. The molecular weight excluding hydrogens is 346 g/mol. The summed E-state index contributed by atoms with van der Waals surface area (Å²) in [6.45, 7) is 1.95. The van der Waals surface area contributed by atoms with E-state index in [-0.39, 0.29) is 23.4 Å². The molecule has 0 saturated heterocycles. The van der Waals surface area contributed by atoms with Gasteiger partial charge in [-0.25, -0.2) is 4.79 Å². The van der Waals surface area contributed by atoms with Crippen molar-refractivity contribution in [2.45, 2.75) is 6.92 Å². The van der Waals surface area contributed by atoms with Crippen LogP contribution in [0.3, 0.4) is 0 Å². The Morgan fingerprint density at radius 1 is 1.04 bits per heavy atom. The SMILES string of the molecule is Cc1cccc2c1C(C(N)=O)=C(C(N)=O)CN2c1ccc2[nH]c(=O)[nH]c2c1. The van der Waals surface area contributed by atoms with Crippen LogP contribution in [0.1, 0.15) is 11.1 Å². The number of carbonyl (C=O) groups is 2. The van der Waals surface area contributed by atoms with Crippen LogP contribution in [0.25, 0.3) is 16.6 Å². The summed E-state index contributed by atoms with van der Waals surface area (Å²) in [7, 11) is 0. The van der Waals surface area contributed by atoms with Crippen molar-refractivity contribution >= 4 is 39.8 Å². The molecule has 3 aromatic rings. The van der Waals surface area contributed by atoms with E-state index in [1.54, 1.807) is 12.1 Å². The number of fused-ring (bicyclic) bond motifs is 2. The molecule has 1 aromatic heterocycles. The molecule has 2 aromatic carbocycles. The number of aromatic amines is 2. The fourth-order valence-corrected chi connectivity index (χ4v) is 3.57. The van der Waals surface area contributed by atoms with Gasteiger partial charge in [0, 0.05) is 22.5 Å². The van der Waals surface area contributed by atoms with Crippen molar-refractivity contribution in [2.75, 3.05) is 11.4 Å². The first-order valence-electron chi connectivity index (χ1n) is 8.29. The number of H-pyrrole nitrogens is 2. The maximum atomic E-state index is 12.1. The number of nitrogens with one attached hydrogen (secondary N) is 2. The predicted octanol–water partition coefficient (Wildman–Crippen LogP) is 1.04. The number of imidazole rings is 1. The lowest BCUT2D eigenvalue weighted by molar-refractivity contribution is -0.116. The van der Waals surface area contributed by atoms with Crippen LogP contribution >= 0.6 is 0 Å². The summed E-state index contributed by atoms with van der Waals surface area (Å²) < 4.78 is 0. The Morgan fingerprint density at radius 2 is 1.78 bits per heavy atom. The van der Waals surface area contributed by atoms with E-state index >= 15 is 0 Å². The van der Waals surface area contributed by atoms with Gasteiger partial charge in [-0.1, -0.05) is 12.1 Å². The van der Waals surface area contributed by atoms with Crippen LogP contribution in [-0.4, -0.2) is 28.3 Å². The molecule has 8 heteroatoms. The van der Waals surface area contributed by atoms with Crippen molar-refractivity contribution in [2.24, 2.45) is 11.5 Å². The Bertz CT molecular complexity index is 1200. The van der Waals surface area contributed by atoms with Crippen LogP contribution in [0.15, 0.2) is 46.8 Å². The van der Waals surface area contributed by atoms with Crippen molar-refractivity contribution in [1.82, 2.24) is 9.97 Å². The van der Waals surface area contributed by atoms with E-state index in [1.165, 1.54) is 0 Å². The van der Waals surface area contributed by atoms with Gasteiger partial charge in [-0.3, -0.25) is 9.59 Å². The fraction of sp³-hybridized carbons (Fsp3) is 0.105. The molecule has 2 amide bonds. The van der Waals surface area contributed by atoms with Crippen molar-refractivity contribution in [3.05, 3.63) is 63.6 Å². The van der Waals surface area contributed by atoms with E-state index in [4.69, 9.17) is 11.5 Å². The molecule has 0 unspecified atom stereocenters. The number of nitrogens with zero attached hydrogens (tertiary/aromatic N) is 1. The number of amides is 2. The molecule has 0 spiro atoms. The van der Waals surface area contributed by atoms with Crippen LogP contribution in [0.5, 0.6) is 0 Å². The third kappa shape index (κ3) is 2.58. The lowest BCUT2D eigenvalue weighted by atomic mass is 9.89. The van der Waals surface area contributed by atoms with E-state index in [0.29, 0.717) is 16.6 Å². The number of benzene rings is 2. The highest BCUT2D eigenvalue weighted by Crippen LogP contribution is 2.41. The lowest BCUT2D eigenvalue weighted by Crippen LogP contribution is -2.35. The van der Waals surface area contributed by atoms with Crippen molar-refractivity contribution in [1.29, 1.82) is 0 Å². The Labute approximate surface area is 153 Å². The van der Waals surface area contributed by atoms with E-state index in [0.717, 1.165) is 16.9 Å². The predicted molar refractivity (Wildman–Crippen MR) is 102 cm³/mol. The second-order valence-electron chi connectivity index (χ2n) is 6.45. The summed E-state index contributed by atoms with van der Waals surface area (Å²) in [5.41, 5.74) is 15.3. The number of carbonyl (C=O) groups excluding carboxylic acids is 2. The molecule has 27 heavy (non-hydrogen) atoms. The molecule has 136 valence electrons. The number of primary amides is 2. The molecule has 6 N–H and O–H groups in total. The van der Waals surface area contributed by atoms with Crippen LogP contribution < -0.4 is 22.1 Å². The molecule has 8 nitrogen and oxygen atoms in total. The summed E-state index contributed by atoms with van der Waals surface area (Å²) in [4.78, 5) is 43.0. The average molecular weight is 363 g/mol. The highest BCUT2D eigenvalue weighted by Gasteiger charge is 2.31. The van der Waals surface area contributed by atoms with Crippen LogP contribution in [0.2, 0.25) is 0 Å². The molecule has 0 atom stereocenters. The van der Waals surface area contributed by atoms with E-state index in [2.05, 4.69) is 9.97 Å². The molecule has 1 aliphatic rings. The molecule has 0 fully saturated rings. The number of aryl methyl sites for hydroxylation is 1. The summed E-state index contributed by atoms with van der Waals surface area (Å²) >= 11 is 0. The summed E-state index contributed by atoms with van der Waals surface area (Å²) in [5, 5.41) is 0. The van der Waals surface area contributed by atoms with E-state index < -0.39 is 11.8 Å². The molecular formula is C19H17N5O3. The third-order valence-corrected chi connectivity index (χ3v) is 4.76. The Balaban J connectivity index is 1.98. The number of anilines is 2. The fourth-order valence-electron chi connectivity index (χ4n) is 3.57. The van der Waals surface area contributed by atoms with Crippen molar-refractivity contribution < 1.29 is 9.59 Å². The van der Waals surface area contributed by atoms with Gasteiger partial charge in [0.1, 0.15) is 0 Å². The Morgan fingerprint density at radius 3 is 2.48 bits per heavy atom. The van der Waals surface area contributed by atoms with Gasteiger partial charge in [0.15, 0.2) is 0 Å². The van der Waals surface area contributed by atoms with Gasteiger partial charge in [0.2, 0.25) is 11.8 Å². The number of aromatic nitrogens is 2. The first-order valence-corrected chi connectivity index (χ1v) is 8.29. The minimum Gasteiger partial charge on any atom is -0.366 e. The number of hydrogen-bond acceptors (Lipinski definition) is 4. The minimum absolute atomic E-state index is 0.101. The summed E-state index contributed by atoms with van der Waals surface area (Å²) in [6.07, 6.45) is 0. The number of nitrogens with two attached hydrogens (primary N) is 2. The number of hydrogen-bond donors (Lipinski definition) is 4. The molecule has 1 aliphatic heterocycles. The lowest BCUT2D eigenvalue weighted by Gasteiger charge is -2.33. The first kappa shape index (κ1) is 16.6. The molecule has 4 rings (SSSR count). The maximum absolute atomic E-state index is 12.1. The maximum Gasteiger partial charge on any atom is 0.323 e. The summed E-state index contributed by atoms with van der Waals surface area (Å²) in [6, 6.07) is 11.0. The zero-order valence-electron chi connectivity index (χ0n) is 14.5. The van der Waals surface area contributed by atoms with E-state index in [9.17, 15) is 14.4 Å². The zero-order chi connectivity index (χ0) is 19.3. The third-order valence-electron chi connectivity index (χ3n) is 4.76. The molecule has 2 heterocycles. The van der Waals surface area contributed by atoms with Gasteiger partial charge < -0.3 is 26.3 Å². The molecule has 0 aliphatic carbocycles. The normalized spacial score (nSPS) is 13.7. The van der Waals surface area contributed by atoms with Gasteiger partial charge in [-0.15, -0.1) is 0 Å². The highest BCUT2D eigenvalue weighted by atomic mass is 16.2. The molecule has 0 saturated carbocycles. The topological polar surface area (TPSA) is 138 Å². The van der Waals surface area contributed by atoms with Crippen molar-refractivity contribution in [3.63, 3.8) is 0 Å². The smallest absolute Gasteiger partial charge is 0.323 e. The average Bonchev–Trinajstić information content (AvgIpc) is 2.99. The number of rotatable bonds is 3. The van der Waals surface area contributed by atoms with Gasteiger partial charge >= 0.3 is 5.69 Å². The van der Waals surface area contributed by atoms with Gasteiger partial charge in [-0.05, 0) is 36.8 Å². The highest BCUT2D eigenvalue weighted by molar-refractivity contribution is 6.28. The van der Waals surface area contributed by atoms with Gasteiger partial charge in [0.25, 0.3) is 0 Å². The van der Waals surface area contributed by atoms with Crippen LogP contribution in [-0.2, 0) is 9.59 Å². The van der Waals surface area contributed by atoms with Crippen LogP contribution in [0, 0.1) is 6.92 Å². The monoisotopic (exact) mass is 363 g/mol. The largest absolute Gasteiger partial charge is 0.366 e. The zero-order valence-corrected chi connectivity index (χ0v) is 14.5. The quantitative estimate of drug-likeness (QED) is 0.552. The summed E-state index contributed by atoms with van der Waals surface area (Å²) in [5.74, 6) is -1.39. The first-order chi connectivity index (χ1) is 12.9. The Kier molecular flexibility index (Phi) is 3.62. The van der Waals surface area contributed by atoms with Gasteiger partial charge in [0.05, 0.1) is 23.2 Å². The van der Waals surface area contributed by atoms with E-state index in [1.807, 2.05) is 36.1 Å². The molecule has 0 bridgehead atoms. The molecule has 0 radical (unpaired) electrons. The standard InChI is InChI=1S/C19H17N5O3/c1-9-3-2-4-14-15(9)16(18(21)26)11(17(20)25)8-24(14)10-5-6-12-13(7-10)23-19(27)22-12/h2-7H,8H2,1H3,(H2,20,25)(H2,21,26)(H2,22,23,27). The van der Waals surface area contributed by atoms with Crippen LogP contribution in [0.4, 0.5) is 11.4 Å².